The molecule has 0 fully saturated rings. The molecule has 3 aromatic carbocycles. The molecule has 4 nitrogen and oxygen atoms in total. The largest absolute Gasteiger partial charge is 0.508 e. The number of aliphatic imine (C=N–C) groups is 1. The fourth-order valence-electron chi connectivity index (χ4n) is 3.84. The maximum atomic E-state index is 10.5. The van der Waals surface area contributed by atoms with Crippen molar-refractivity contribution >= 4 is 33.2 Å². The van der Waals surface area contributed by atoms with Crippen LogP contribution in [0.1, 0.15) is 47.8 Å². The third-order valence-corrected chi connectivity index (χ3v) is 6.45. The lowest BCUT2D eigenvalue weighted by Gasteiger charge is -2.31. The number of nitrogens with one attached hydrogen (secondary N) is 1. The first-order valence-corrected chi connectivity index (χ1v) is 11.4. The minimum Gasteiger partial charge on any atom is -0.508 e. The molecule has 6 heteroatoms. The molecule has 0 aliphatic carbocycles. The molecule has 3 aromatic rings. The molecule has 1 aliphatic heterocycles. The SMILES string of the molecule is CCc1ccc(C2=NC(c3ccc(OC)c(Br)c3)NC(c3cc(Cl)ccc3O)C2)cc1. The van der Waals surface area contributed by atoms with E-state index in [1.807, 2.05) is 24.3 Å². The molecule has 4 rings (SSSR count). The first kappa shape index (κ1) is 21.9. The number of ether oxygens (including phenoxy) is 1. The van der Waals surface area contributed by atoms with Gasteiger partial charge in [0, 0.05) is 28.8 Å². The maximum Gasteiger partial charge on any atom is 0.133 e. The molecule has 31 heavy (non-hydrogen) atoms. The van der Waals surface area contributed by atoms with Crippen molar-refractivity contribution in [1.82, 2.24) is 5.32 Å². The van der Waals surface area contributed by atoms with Crippen LogP contribution in [0.25, 0.3) is 0 Å². The number of hydrogen-bond acceptors (Lipinski definition) is 4. The van der Waals surface area contributed by atoms with Crippen molar-refractivity contribution in [3.05, 3.63) is 92.4 Å². The van der Waals surface area contributed by atoms with Crippen molar-refractivity contribution in [3.63, 3.8) is 0 Å². The van der Waals surface area contributed by atoms with Crippen molar-refractivity contribution < 1.29 is 9.84 Å². The second-order valence-electron chi connectivity index (χ2n) is 7.55. The van der Waals surface area contributed by atoms with Crippen LogP contribution < -0.4 is 10.1 Å². The molecule has 0 saturated heterocycles. The third kappa shape index (κ3) is 4.79. The summed E-state index contributed by atoms with van der Waals surface area (Å²) in [5.41, 5.74) is 5.13. The van der Waals surface area contributed by atoms with Gasteiger partial charge in [-0.05, 0) is 69.4 Å². The summed E-state index contributed by atoms with van der Waals surface area (Å²) >= 11 is 9.81. The molecule has 160 valence electrons. The molecule has 0 amide bonds. The van der Waals surface area contributed by atoms with Gasteiger partial charge in [0.1, 0.15) is 17.7 Å². The van der Waals surface area contributed by atoms with E-state index in [9.17, 15) is 5.11 Å². The summed E-state index contributed by atoms with van der Waals surface area (Å²) in [5.74, 6) is 0.988. The van der Waals surface area contributed by atoms with Crippen molar-refractivity contribution in [2.75, 3.05) is 7.11 Å². The van der Waals surface area contributed by atoms with Crippen molar-refractivity contribution in [1.29, 1.82) is 0 Å². The molecule has 0 radical (unpaired) electrons. The molecule has 0 saturated carbocycles. The van der Waals surface area contributed by atoms with Crippen molar-refractivity contribution in [2.45, 2.75) is 32.0 Å². The van der Waals surface area contributed by atoms with E-state index in [-0.39, 0.29) is 18.0 Å². The summed E-state index contributed by atoms with van der Waals surface area (Å²) in [4.78, 5) is 5.03. The van der Waals surface area contributed by atoms with Crippen LogP contribution >= 0.6 is 27.5 Å². The van der Waals surface area contributed by atoms with Crippen molar-refractivity contribution in [3.8, 4) is 11.5 Å². The minimum absolute atomic E-state index is 0.136. The number of aryl methyl sites for hydroxylation is 1. The van der Waals surface area contributed by atoms with Crippen LogP contribution in [0.3, 0.4) is 0 Å². The van der Waals surface area contributed by atoms with Gasteiger partial charge in [-0.15, -0.1) is 0 Å². The van der Waals surface area contributed by atoms with Gasteiger partial charge < -0.3 is 9.84 Å². The van der Waals surface area contributed by atoms with Gasteiger partial charge in [0.25, 0.3) is 0 Å². The Hall–Kier alpha value is -2.34. The summed E-state index contributed by atoms with van der Waals surface area (Å²) in [5, 5.41) is 14.7. The molecular formula is C25H24BrClN2O2. The Balaban J connectivity index is 1.76. The molecule has 2 atom stereocenters. The maximum absolute atomic E-state index is 10.5. The molecular weight excluding hydrogens is 476 g/mol. The number of phenols is 1. The summed E-state index contributed by atoms with van der Waals surface area (Å²) in [6, 6.07) is 19.5. The van der Waals surface area contributed by atoms with Crippen LogP contribution in [0.15, 0.2) is 70.1 Å². The van der Waals surface area contributed by atoms with Crippen molar-refractivity contribution in [2.24, 2.45) is 4.99 Å². The fourth-order valence-corrected chi connectivity index (χ4v) is 4.58. The Morgan fingerprint density at radius 2 is 1.90 bits per heavy atom. The molecule has 2 unspecified atom stereocenters. The van der Waals surface area contributed by atoms with Gasteiger partial charge in [-0.2, -0.15) is 0 Å². The highest BCUT2D eigenvalue weighted by Crippen LogP contribution is 2.37. The van der Waals surface area contributed by atoms with E-state index >= 15 is 0 Å². The summed E-state index contributed by atoms with van der Waals surface area (Å²) in [6.45, 7) is 2.15. The highest BCUT2D eigenvalue weighted by Gasteiger charge is 2.28. The molecule has 0 spiro atoms. The summed E-state index contributed by atoms with van der Waals surface area (Å²) in [6.07, 6.45) is 1.36. The highest BCUT2D eigenvalue weighted by atomic mass is 79.9. The number of phenolic OH excluding ortho intramolecular Hbond substituents is 1. The zero-order valence-electron chi connectivity index (χ0n) is 17.4. The van der Waals surface area contributed by atoms with E-state index in [1.54, 1.807) is 19.2 Å². The number of benzene rings is 3. The monoisotopic (exact) mass is 498 g/mol. The second kappa shape index (κ2) is 9.43. The first-order chi connectivity index (χ1) is 15.0. The molecule has 1 aliphatic rings. The van der Waals surface area contributed by atoms with E-state index in [0.717, 1.165) is 39.0 Å². The topological polar surface area (TPSA) is 53.8 Å². The smallest absolute Gasteiger partial charge is 0.133 e. The Bertz CT molecular complexity index is 1120. The highest BCUT2D eigenvalue weighted by molar-refractivity contribution is 9.10. The van der Waals surface area contributed by atoms with E-state index in [4.69, 9.17) is 21.3 Å². The van der Waals surface area contributed by atoms with Gasteiger partial charge in [0.15, 0.2) is 0 Å². The molecule has 0 bridgehead atoms. The average Bonchev–Trinajstić information content (AvgIpc) is 2.80. The number of halogens is 2. The molecule has 1 heterocycles. The zero-order chi connectivity index (χ0) is 22.0. The Labute approximate surface area is 196 Å². The minimum atomic E-state index is -0.278. The predicted molar refractivity (Wildman–Crippen MR) is 129 cm³/mol. The normalized spacial score (nSPS) is 18.5. The van der Waals surface area contributed by atoms with Gasteiger partial charge in [-0.3, -0.25) is 10.3 Å². The van der Waals surface area contributed by atoms with E-state index in [1.165, 1.54) is 5.56 Å². The number of rotatable bonds is 5. The second-order valence-corrected chi connectivity index (χ2v) is 8.84. The van der Waals surface area contributed by atoms with Gasteiger partial charge in [-0.25, -0.2) is 0 Å². The number of methoxy groups -OCH3 is 1. The third-order valence-electron chi connectivity index (χ3n) is 5.59. The fraction of sp³-hybridized carbons (Fsp3) is 0.240. The van der Waals surface area contributed by atoms with Crippen LogP contribution in [-0.4, -0.2) is 17.9 Å². The molecule has 0 aromatic heterocycles. The zero-order valence-corrected chi connectivity index (χ0v) is 19.7. The lowest BCUT2D eigenvalue weighted by molar-refractivity contribution is 0.406. The Morgan fingerprint density at radius 3 is 2.58 bits per heavy atom. The average molecular weight is 500 g/mol. The van der Waals surface area contributed by atoms with E-state index in [2.05, 4.69) is 52.4 Å². The van der Waals surface area contributed by atoms with Gasteiger partial charge >= 0.3 is 0 Å². The summed E-state index contributed by atoms with van der Waals surface area (Å²) < 4.78 is 6.23. The van der Waals surface area contributed by atoms with E-state index < -0.39 is 0 Å². The number of hydrogen-bond donors (Lipinski definition) is 2. The van der Waals surface area contributed by atoms with Gasteiger partial charge in [0.05, 0.1) is 11.6 Å². The lowest BCUT2D eigenvalue weighted by Crippen LogP contribution is -2.33. The van der Waals surface area contributed by atoms with Crippen LogP contribution in [0.4, 0.5) is 0 Å². The molecule has 2 N–H and O–H groups in total. The van der Waals surface area contributed by atoms with Crippen LogP contribution in [0.5, 0.6) is 11.5 Å². The van der Waals surface area contributed by atoms with Crippen LogP contribution in [0, 0.1) is 0 Å². The predicted octanol–water partition coefficient (Wildman–Crippen LogP) is 6.60. The number of nitrogens with zero attached hydrogens (tertiary/aromatic N) is 1. The number of aromatic hydroxyl groups is 1. The Morgan fingerprint density at radius 1 is 1.13 bits per heavy atom. The standard InChI is InChI=1S/C25H24BrClN2O2/c1-3-15-4-6-16(7-5-15)21-14-22(19-13-18(27)9-10-23(19)30)29-25(28-21)17-8-11-24(31-2)20(26)12-17/h4-13,22,25,29-30H,3,14H2,1-2H3. The van der Waals surface area contributed by atoms with Crippen LogP contribution in [0.2, 0.25) is 5.02 Å². The quantitative estimate of drug-likeness (QED) is 0.416. The summed E-state index contributed by atoms with van der Waals surface area (Å²) in [7, 11) is 1.65. The van der Waals surface area contributed by atoms with Gasteiger partial charge in [-0.1, -0.05) is 48.9 Å². The Kier molecular flexibility index (Phi) is 6.65. The van der Waals surface area contributed by atoms with Gasteiger partial charge in [0.2, 0.25) is 0 Å². The van der Waals surface area contributed by atoms with Crippen LogP contribution in [-0.2, 0) is 6.42 Å². The lowest BCUT2D eigenvalue weighted by atomic mass is 9.93. The first-order valence-electron chi connectivity index (χ1n) is 10.2. The van der Waals surface area contributed by atoms with E-state index in [0.29, 0.717) is 11.4 Å².